The van der Waals surface area contributed by atoms with E-state index in [2.05, 4.69) is 22.2 Å². The highest BCUT2D eigenvalue weighted by Gasteiger charge is 2.26. The van der Waals surface area contributed by atoms with Gasteiger partial charge in [-0.15, -0.1) is 0 Å². The largest absolute Gasteiger partial charge is 0.395 e. The number of nitrogens with zero attached hydrogens (tertiary/aromatic N) is 2. The first kappa shape index (κ1) is 12.6. The van der Waals surface area contributed by atoms with Crippen LogP contribution in [0.15, 0.2) is 12.3 Å². The zero-order chi connectivity index (χ0) is 12.3. The van der Waals surface area contributed by atoms with Gasteiger partial charge in [0.15, 0.2) is 0 Å². The van der Waals surface area contributed by atoms with Crippen LogP contribution in [-0.2, 0) is 0 Å². The number of aromatic nitrogens is 2. The number of thioether (sulfide) groups is 1. The van der Waals surface area contributed by atoms with Crippen molar-refractivity contribution in [1.82, 2.24) is 9.97 Å². The van der Waals surface area contributed by atoms with E-state index in [0.717, 1.165) is 11.6 Å². The topological polar surface area (TPSA) is 58.0 Å². The third kappa shape index (κ3) is 3.33. The van der Waals surface area contributed by atoms with E-state index < -0.39 is 0 Å². The maximum Gasteiger partial charge on any atom is 0.133 e. The maximum atomic E-state index is 9.23. The Kier molecular flexibility index (Phi) is 4.23. The second-order valence-corrected chi connectivity index (χ2v) is 5.54. The quantitative estimate of drug-likeness (QED) is 0.810. The monoisotopic (exact) mass is 253 g/mol. The molecule has 0 saturated heterocycles. The number of hydrogen-bond acceptors (Lipinski definition) is 5. The Bertz CT molecular complexity index is 367. The SMILES string of the molecule is CSC(CO)C(C)Nc1ccnc(C2CC2)n1. The van der Waals surface area contributed by atoms with Crippen molar-refractivity contribution >= 4 is 17.6 Å². The lowest BCUT2D eigenvalue weighted by Crippen LogP contribution is -2.31. The molecule has 2 rings (SSSR count). The van der Waals surface area contributed by atoms with Gasteiger partial charge < -0.3 is 10.4 Å². The van der Waals surface area contributed by atoms with Crippen molar-refractivity contribution < 1.29 is 5.11 Å². The third-order valence-corrected chi connectivity index (χ3v) is 4.20. The summed E-state index contributed by atoms with van der Waals surface area (Å²) < 4.78 is 0. The number of nitrogens with one attached hydrogen (secondary N) is 1. The summed E-state index contributed by atoms with van der Waals surface area (Å²) in [6.45, 7) is 2.24. The van der Waals surface area contributed by atoms with Gasteiger partial charge in [-0.2, -0.15) is 11.8 Å². The van der Waals surface area contributed by atoms with E-state index in [9.17, 15) is 5.11 Å². The summed E-state index contributed by atoms with van der Waals surface area (Å²) in [5.41, 5.74) is 0. The fourth-order valence-corrected chi connectivity index (χ4v) is 2.38. The van der Waals surface area contributed by atoms with Gasteiger partial charge in [0.25, 0.3) is 0 Å². The van der Waals surface area contributed by atoms with E-state index in [0.29, 0.717) is 5.92 Å². The zero-order valence-corrected chi connectivity index (χ0v) is 11.1. The van der Waals surface area contributed by atoms with Crippen LogP contribution in [0.25, 0.3) is 0 Å². The third-order valence-electron chi connectivity index (χ3n) is 3.03. The summed E-state index contributed by atoms with van der Waals surface area (Å²) in [5.74, 6) is 2.38. The van der Waals surface area contributed by atoms with Crippen molar-refractivity contribution in [3.05, 3.63) is 18.1 Å². The smallest absolute Gasteiger partial charge is 0.133 e. The molecule has 0 bridgehead atoms. The molecule has 2 unspecified atom stereocenters. The molecule has 0 aliphatic heterocycles. The van der Waals surface area contributed by atoms with Crippen molar-refractivity contribution in [1.29, 1.82) is 0 Å². The Morgan fingerprint density at radius 1 is 1.59 bits per heavy atom. The fraction of sp³-hybridized carbons (Fsp3) is 0.667. The van der Waals surface area contributed by atoms with E-state index in [1.165, 1.54) is 12.8 Å². The average Bonchev–Trinajstić information content (AvgIpc) is 3.15. The van der Waals surface area contributed by atoms with Crippen LogP contribution in [0.1, 0.15) is 31.5 Å². The van der Waals surface area contributed by atoms with Gasteiger partial charge in [-0.25, -0.2) is 9.97 Å². The van der Waals surface area contributed by atoms with Gasteiger partial charge in [-0.1, -0.05) is 0 Å². The van der Waals surface area contributed by atoms with Crippen molar-refractivity contribution in [2.24, 2.45) is 0 Å². The van der Waals surface area contributed by atoms with Gasteiger partial charge in [0.1, 0.15) is 11.6 Å². The molecule has 1 aliphatic rings. The average molecular weight is 253 g/mol. The molecule has 1 aromatic rings. The lowest BCUT2D eigenvalue weighted by Gasteiger charge is -2.21. The molecule has 2 N–H and O–H groups in total. The second kappa shape index (κ2) is 5.69. The molecule has 0 spiro atoms. The lowest BCUT2D eigenvalue weighted by atomic mass is 10.2. The Morgan fingerprint density at radius 2 is 2.35 bits per heavy atom. The van der Waals surface area contributed by atoms with Gasteiger partial charge in [0, 0.05) is 23.4 Å². The summed E-state index contributed by atoms with van der Waals surface area (Å²) in [6.07, 6.45) is 6.24. The number of rotatable bonds is 6. The normalized spacial score (nSPS) is 18.8. The summed E-state index contributed by atoms with van der Waals surface area (Å²) in [5, 5.41) is 12.8. The van der Waals surface area contributed by atoms with Crippen molar-refractivity contribution in [2.45, 2.75) is 37.0 Å². The molecule has 1 heterocycles. The number of anilines is 1. The van der Waals surface area contributed by atoms with Crippen LogP contribution in [0.3, 0.4) is 0 Å². The highest BCUT2D eigenvalue weighted by Crippen LogP contribution is 2.38. The molecule has 5 heteroatoms. The van der Waals surface area contributed by atoms with Crippen molar-refractivity contribution in [3.63, 3.8) is 0 Å². The first-order chi connectivity index (χ1) is 8.24. The van der Waals surface area contributed by atoms with E-state index in [1.54, 1.807) is 11.8 Å². The van der Waals surface area contributed by atoms with Crippen LogP contribution in [-0.4, -0.2) is 39.2 Å². The minimum absolute atomic E-state index is 0.176. The number of aliphatic hydroxyl groups is 1. The summed E-state index contributed by atoms with van der Waals surface area (Å²) in [6, 6.07) is 2.08. The lowest BCUT2D eigenvalue weighted by molar-refractivity contribution is 0.288. The molecule has 0 amide bonds. The van der Waals surface area contributed by atoms with E-state index in [-0.39, 0.29) is 17.9 Å². The molecule has 2 atom stereocenters. The van der Waals surface area contributed by atoms with Crippen LogP contribution in [0.2, 0.25) is 0 Å². The minimum Gasteiger partial charge on any atom is -0.395 e. The van der Waals surface area contributed by atoms with Gasteiger partial charge in [0.05, 0.1) is 6.61 Å². The van der Waals surface area contributed by atoms with Crippen LogP contribution < -0.4 is 5.32 Å². The molecule has 1 saturated carbocycles. The molecule has 17 heavy (non-hydrogen) atoms. The highest BCUT2D eigenvalue weighted by atomic mass is 32.2. The molecular weight excluding hydrogens is 234 g/mol. The molecule has 0 radical (unpaired) electrons. The molecular formula is C12H19N3OS. The predicted octanol–water partition coefficient (Wildman–Crippen LogP) is 1.88. The van der Waals surface area contributed by atoms with E-state index in [4.69, 9.17) is 0 Å². The molecule has 1 aromatic heterocycles. The van der Waals surface area contributed by atoms with E-state index >= 15 is 0 Å². The first-order valence-corrected chi connectivity index (χ1v) is 7.26. The zero-order valence-electron chi connectivity index (χ0n) is 10.3. The standard InChI is InChI=1S/C12H19N3OS/c1-8(10(7-16)17-2)14-11-5-6-13-12(15-11)9-3-4-9/h5-6,8-10,16H,3-4,7H2,1-2H3,(H,13,14,15). The molecule has 1 aliphatic carbocycles. The first-order valence-electron chi connectivity index (χ1n) is 5.97. The molecule has 4 nitrogen and oxygen atoms in total. The maximum absolute atomic E-state index is 9.23. The van der Waals surface area contributed by atoms with Crippen LogP contribution in [0.5, 0.6) is 0 Å². The van der Waals surface area contributed by atoms with Crippen molar-refractivity contribution in [3.8, 4) is 0 Å². The van der Waals surface area contributed by atoms with Gasteiger partial charge in [-0.05, 0) is 32.1 Å². The summed E-state index contributed by atoms with van der Waals surface area (Å²) >= 11 is 1.66. The molecule has 0 aromatic carbocycles. The highest BCUT2D eigenvalue weighted by molar-refractivity contribution is 7.99. The summed E-state index contributed by atoms with van der Waals surface area (Å²) in [4.78, 5) is 8.80. The number of hydrogen-bond donors (Lipinski definition) is 2. The Hall–Kier alpha value is -0.810. The number of aliphatic hydroxyl groups excluding tert-OH is 1. The predicted molar refractivity (Wildman–Crippen MR) is 71.5 cm³/mol. The van der Waals surface area contributed by atoms with Gasteiger partial charge in [0.2, 0.25) is 0 Å². The molecule has 94 valence electrons. The van der Waals surface area contributed by atoms with Crippen LogP contribution in [0.4, 0.5) is 5.82 Å². The second-order valence-electron chi connectivity index (χ2n) is 4.46. The van der Waals surface area contributed by atoms with Crippen molar-refractivity contribution in [2.75, 3.05) is 18.2 Å². The Balaban J connectivity index is 1.99. The Labute approximate surface area is 106 Å². The van der Waals surface area contributed by atoms with E-state index in [1.807, 2.05) is 18.5 Å². The summed E-state index contributed by atoms with van der Waals surface area (Å²) in [7, 11) is 0. The van der Waals surface area contributed by atoms with Crippen LogP contribution in [0, 0.1) is 0 Å². The molecule has 1 fully saturated rings. The van der Waals surface area contributed by atoms with Gasteiger partial charge in [-0.3, -0.25) is 0 Å². The Morgan fingerprint density at radius 3 is 2.94 bits per heavy atom. The van der Waals surface area contributed by atoms with Crippen LogP contribution >= 0.6 is 11.8 Å². The van der Waals surface area contributed by atoms with Gasteiger partial charge >= 0.3 is 0 Å². The fourth-order valence-electron chi connectivity index (χ4n) is 1.76. The minimum atomic E-state index is 0.176.